The molecule has 1 N–H and O–H groups in total. The minimum absolute atomic E-state index is 0.479. The fourth-order valence-electron chi connectivity index (χ4n) is 1.39. The van der Waals surface area contributed by atoms with Gasteiger partial charge in [-0.2, -0.15) is 0 Å². The number of rotatable bonds is 5. The second-order valence-corrected chi connectivity index (χ2v) is 3.64. The van der Waals surface area contributed by atoms with Crippen LogP contribution in [0, 0.1) is 0 Å². The Morgan fingerprint density at radius 1 is 1.54 bits per heavy atom. The fraction of sp³-hybridized carbons (Fsp3) is 0.636. The van der Waals surface area contributed by atoms with Crippen molar-refractivity contribution in [3.63, 3.8) is 0 Å². The molecule has 13 heavy (non-hydrogen) atoms. The summed E-state index contributed by atoms with van der Waals surface area (Å²) in [5.74, 6) is 0. The van der Waals surface area contributed by atoms with Gasteiger partial charge in [-0.25, -0.2) is 0 Å². The first-order valence-corrected chi connectivity index (χ1v) is 5.09. The predicted molar refractivity (Wildman–Crippen MR) is 56.7 cm³/mol. The Morgan fingerprint density at radius 3 is 2.85 bits per heavy atom. The van der Waals surface area contributed by atoms with Gasteiger partial charge in [0.1, 0.15) is 0 Å². The molecule has 1 aromatic rings. The number of nitrogens with zero attached hydrogens (tertiary/aromatic N) is 1. The summed E-state index contributed by atoms with van der Waals surface area (Å²) in [6.07, 6.45) is 6.78. The average molecular weight is 180 g/mol. The van der Waals surface area contributed by atoms with Crippen LogP contribution in [0.5, 0.6) is 0 Å². The maximum atomic E-state index is 3.50. The van der Waals surface area contributed by atoms with Gasteiger partial charge >= 0.3 is 0 Å². The van der Waals surface area contributed by atoms with Crippen molar-refractivity contribution in [1.29, 1.82) is 0 Å². The third kappa shape index (κ3) is 3.23. The Balaban J connectivity index is 2.35. The van der Waals surface area contributed by atoms with Gasteiger partial charge in [0, 0.05) is 25.5 Å². The molecule has 1 heterocycles. The van der Waals surface area contributed by atoms with Crippen LogP contribution in [0.15, 0.2) is 18.5 Å². The van der Waals surface area contributed by atoms with Crippen LogP contribution in [0.25, 0.3) is 0 Å². The van der Waals surface area contributed by atoms with Crippen molar-refractivity contribution in [2.24, 2.45) is 7.05 Å². The number of hydrogen-bond donors (Lipinski definition) is 1. The molecule has 0 amide bonds. The van der Waals surface area contributed by atoms with E-state index in [9.17, 15) is 0 Å². The first kappa shape index (κ1) is 10.3. The summed E-state index contributed by atoms with van der Waals surface area (Å²) in [5, 5.41) is 3.50. The van der Waals surface area contributed by atoms with Crippen molar-refractivity contribution in [2.45, 2.75) is 32.7 Å². The number of aryl methyl sites for hydroxylation is 1. The van der Waals surface area contributed by atoms with Crippen molar-refractivity contribution in [3.8, 4) is 0 Å². The molecule has 0 bridgehead atoms. The topological polar surface area (TPSA) is 17.0 Å². The molecule has 0 unspecified atom stereocenters. The Hall–Kier alpha value is -0.760. The number of unbranched alkanes of at least 4 members (excludes halogenated alkanes) is 1. The van der Waals surface area contributed by atoms with Gasteiger partial charge in [0.25, 0.3) is 0 Å². The highest BCUT2D eigenvalue weighted by molar-refractivity contribution is 5.14. The van der Waals surface area contributed by atoms with Crippen molar-refractivity contribution < 1.29 is 0 Å². The van der Waals surface area contributed by atoms with Crippen LogP contribution < -0.4 is 5.32 Å². The molecule has 0 aliphatic heterocycles. The zero-order valence-corrected chi connectivity index (χ0v) is 8.88. The molecule has 0 saturated carbocycles. The second kappa shape index (κ2) is 5.07. The van der Waals surface area contributed by atoms with Gasteiger partial charge < -0.3 is 9.88 Å². The average Bonchev–Trinajstić information content (AvgIpc) is 2.52. The highest BCUT2D eigenvalue weighted by atomic mass is 14.9. The van der Waals surface area contributed by atoms with Crippen LogP contribution in [0.1, 0.15) is 38.3 Å². The quantitative estimate of drug-likeness (QED) is 0.689. The van der Waals surface area contributed by atoms with E-state index in [4.69, 9.17) is 0 Å². The Labute approximate surface area is 81.0 Å². The molecule has 0 saturated heterocycles. The third-order valence-corrected chi connectivity index (χ3v) is 2.34. The van der Waals surface area contributed by atoms with Crippen LogP contribution in [-0.2, 0) is 7.05 Å². The minimum Gasteiger partial charge on any atom is -0.357 e. The third-order valence-electron chi connectivity index (χ3n) is 2.34. The van der Waals surface area contributed by atoms with E-state index in [-0.39, 0.29) is 0 Å². The molecule has 0 spiro atoms. The Bertz CT molecular complexity index is 240. The molecule has 1 rings (SSSR count). The largest absolute Gasteiger partial charge is 0.357 e. The van der Waals surface area contributed by atoms with E-state index in [1.54, 1.807) is 0 Å². The molecule has 1 aromatic heterocycles. The maximum Gasteiger partial charge on any atom is 0.0306 e. The lowest BCUT2D eigenvalue weighted by Crippen LogP contribution is -2.19. The SMILES string of the molecule is CCCCN[C@H](C)c1ccn(C)c1. The number of hydrogen-bond acceptors (Lipinski definition) is 1. The van der Waals surface area contributed by atoms with Gasteiger partial charge in [-0.05, 0) is 31.5 Å². The van der Waals surface area contributed by atoms with Gasteiger partial charge in [0.2, 0.25) is 0 Å². The maximum absolute atomic E-state index is 3.50. The predicted octanol–water partition coefficient (Wildman–Crippen LogP) is 2.48. The molecule has 0 aliphatic rings. The molecule has 2 heteroatoms. The molecule has 0 radical (unpaired) electrons. The molecular weight excluding hydrogens is 160 g/mol. The van der Waals surface area contributed by atoms with Gasteiger partial charge in [-0.1, -0.05) is 13.3 Å². The van der Waals surface area contributed by atoms with Crippen LogP contribution in [0.2, 0.25) is 0 Å². The lowest BCUT2D eigenvalue weighted by molar-refractivity contribution is 0.554. The molecule has 0 fully saturated rings. The smallest absolute Gasteiger partial charge is 0.0306 e. The lowest BCUT2D eigenvalue weighted by atomic mass is 10.2. The lowest BCUT2D eigenvalue weighted by Gasteiger charge is -2.11. The van der Waals surface area contributed by atoms with E-state index in [0.29, 0.717) is 6.04 Å². The Morgan fingerprint density at radius 2 is 2.31 bits per heavy atom. The summed E-state index contributed by atoms with van der Waals surface area (Å²) in [5.41, 5.74) is 1.37. The fourth-order valence-corrected chi connectivity index (χ4v) is 1.39. The molecule has 74 valence electrons. The van der Waals surface area contributed by atoms with Gasteiger partial charge in [-0.15, -0.1) is 0 Å². The number of aromatic nitrogens is 1. The zero-order valence-electron chi connectivity index (χ0n) is 8.88. The Kier molecular flexibility index (Phi) is 4.03. The van der Waals surface area contributed by atoms with E-state index in [0.717, 1.165) is 6.54 Å². The standard InChI is InChI=1S/C11H20N2/c1-4-5-7-12-10(2)11-6-8-13(3)9-11/h6,8-10,12H,4-5,7H2,1-3H3/t10-/m1/s1. The van der Waals surface area contributed by atoms with Crippen molar-refractivity contribution in [1.82, 2.24) is 9.88 Å². The summed E-state index contributed by atoms with van der Waals surface area (Å²) < 4.78 is 2.09. The summed E-state index contributed by atoms with van der Waals surface area (Å²) in [4.78, 5) is 0. The van der Waals surface area contributed by atoms with Crippen molar-refractivity contribution in [2.75, 3.05) is 6.54 Å². The summed E-state index contributed by atoms with van der Waals surface area (Å²) in [6.45, 7) is 5.55. The van der Waals surface area contributed by atoms with Gasteiger partial charge in [0.05, 0.1) is 0 Å². The van der Waals surface area contributed by atoms with Crippen molar-refractivity contribution >= 4 is 0 Å². The van der Waals surface area contributed by atoms with E-state index < -0.39 is 0 Å². The molecule has 2 nitrogen and oxygen atoms in total. The highest BCUT2D eigenvalue weighted by Crippen LogP contribution is 2.11. The van der Waals surface area contributed by atoms with Crippen LogP contribution in [-0.4, -0.2) is 11.1 Å². The van der Waals surface area contributed by atoms with E-state index in [1.807, 2.05) is 0 Å². The van der Waals surface area contributed by atoms with E-state index in [2.05, 4.69) is 49.2 Å². The zero-order chi connectivity index (χ0) is 9.68. The second-order valence-electron chi connectivity index (χ2n) is 3.64. The first-order valence-electron chi connectivity index (χ1n) is 5.09. The van der Waals surface area contributed by atoms with Crippen LogP contribution in [0.4, 0.5) is 0 Å². The minimum atomic E-state index is 0.479. The summed E-state index contributed by atoms with van der Waals surface area (Å²) in [6, 6.07) is 2.65. The molecule has 0 aromatic carbocycles. The van der Waals surface area contributed by atoms with Gasteiger partial charge in [0.15, 0.2) is 0 Å². The van der Waals surface area contributed by atoms with Gasteiger partial charge in [-0.3, -0.25) is 0 Å². The van der Waals surface area contributed by atoms with Crippen LogP contribution >= 0.6 is 0 Å². The van der Waals surface area contributed by atoms with Crippen LogP contribution in [0.3, 0.4) is 0 Å². The van der Waals surface area contributed by atoms with E-state index in [1.165, 1.54) is 18.4 Å². The monoisotopic (exact) mass is 180 g/mol. The van der Waals surface area contributed by atoms with E-state index >= 15 is 0 Å². The molecule has 0 aliphatic carbocycles. The first-order chi connectivity index (χ1) is 6.24. The molecule has 1 atom stereocenters. The normalized spacial score (nSPS) is 13.2. The molecular formula is C11H20N2. The number of nitrogens with one attached hydrogen (secondary N) is 1. The highest BCUT2D eigenvalue weighted by Gasteiger charge is 2.03. The summed E-state index contributed by atoms with van der Waals surface area (Å²) in [7, 11) is 2.06. The van der Waals surface area contributed by atoms with Crippen molar-refractivity contribution in [3.05, 3.63) is 24.0 Å². The summed E-state index contributed by atoms with van der Waals surface area (Å²) >= 11 is 0.